The van der Waals surface area contributed by atoms with Crippen molar-refractivity contribution >= 4 is 35.2 Å². The van der Waals surface area contributed by atoms with Crippen molar-refractivity contribution in [3.05, 3.63) is 29.3 Å². The number of carboxylic acids is 1. The lowest BCUT2D eigenvalue weighted by Crippen LogP contribution is -2.45. The topological polar surface area (TPSA) is 66.8 Å². The molecule has 2 aliphatic heterocycles. The second kappa shape index (κ2) is 6.94. The van der Waals surface area contributed by atoms with E-state index in [0.717, 1.165) is 4.90 Å². The van der Waals surface area contributed by atoms with Gasteiger partial charge in [0.05, 0.1) is 22.3 Å². The van der Waals surface area contributed by atoms with Crippen LogP contribution in [0.1, 0.15) is 13.3 Å². The fraction of sp³-hybridized carbons (Fsp3) is 0.529. The quantitative estimate of drug-likeness (QED) is 0.826. The van der Waals surface area contributed by atoms with Gasteiger partial charge >= 0.3 is 5.97 Å². The normalized spacial score (nSPS) is 27.6. The number of benzene rings is 1. The van der Waals surface area contributed by atoms with Gasteiger partial charge in [0.2, 0.25) is 5.91 Å². The van der Waals surface area contributed by atoms with Crippen LogP contribution in [0.15, 0.2) is 29.2 Å². The molecule has 7 heteroatoms. The summed E-state index contributed by atoms with van der Waals surface area (Å²) in [7, 11) is 0. The van der Waals surface area contributed by atoms with Crippen LogP contribution in [-0.4, -0.2) is 53.4 Å². The maximum atomic E-state index is 12.8. The van der Waals surface area contributed by atoms with Crippen molar-refractivity contribution in [2.24, 2.45) is 11.3 Å². The first-order valence-corrected chi connectivity index (χ1v) is 9.21. The van der Waals surface area contributed by atoms with Crippen LogP contribution in [0.25, 0.3) is 0 Å². The van der Waals surface area contributed by atoms with Crippen LogP contribution < -0.4 is 0 Å². The number of aliphatic carboxylic acids is 1. The number of ether oxygens (including phenoxy) is 1. The SMILES string of the molecule is CC(Sc1ccccc1Cl)C(=O)N1C[C@H]2COCC[C@@]2(C(=O)O)C1. The number of carbonyl (C=O) groups is 2. The van der Waals surface area contributed by atoms with E-state index in [1.807, 2.05) is 25.1 Å². The van der Waals surface area contributed by atoms with Crippen molar-refractivity contribution in [2.45, 2.75) is 23.5 Å². The fourth-order valence-electron chi connectivity index (χ4n) is 3.51. The van der Waals surface area contributed by atoms with E-state index >= 15 is 0 Å². The highest BCUT2D eigenvalue weighted by atomic mass is 35.5. The Morgan fingerprint density at radius 2 is 2.21 bits per heavy atom. The van der Waals surface area contributed by atoms with E-state index in [1.165, 1.54) is 11.8 Å². The third-order valence-electron chi connectivity index (χ3n) is 4.93. The molecule has 1 aromatic carbocycles. The van der Waals surface area contributed by atoms with Gasteiger partial charge in [-0.15, -0.1) is 11.8 Å². The Bertz CT molecular complexity index is 655. The van der Waals surface area contributed by atoms with Gasteiger partial charge in [-0.05, 0) is 25.5 Å². The summed E-state index contributed by atoms with van der Waals surface area (Å²) in [5, 5.41) is 9.99. The summed E-state index contributed by atoms with van der Waals surface area (Å²) < 4.78 is 5.43. The number of nitrogens with zero attached hydrogens (tertiary/aromatic N) is 1. The number of hydrogen-bond acceptors (Lipinski definition) is 4. The number of carboxylic acid groups (broad SMARTS) is 1. The average Bonchev–Trinajstić information content (AvgIpc) is 2.97. The second-order valence-electron chi connectivity index (χ2n) is 6.39. The van der Waals surface area contributed by atoms with Gasteiger partial charge in [0, 0.05) is 30.5 Å². The summed E-state index contributed by atoms with van der Waals surface area (Å²) in [6.07, 6.45) is 0.461. The van der Waals surface area contributed by atoms with Gasteiger partial charge in [-0.1, -0.05) is 23.7 Å². The Morgan fingerprint density at radius 1 is 1.46 bits per heavy atom. The third-order valence-corrected chi connectivity index (χ3v) is 6.54. The summed E-state index contributed by atoms with van der Waals surface area (Å²) in [6.45, 7) is 3.39. The van der Waals surface area contributed by atoms with E-state index in [0.29, 0.717) is 31.2 Å². The number of thioether (sulfide) groups is 1. The highest BCUT2D eigenvalue weighted by Gasteiger charge is 2.55. The number of amides is 1. The zero-order valence-electron chi connectivity index (χ0n) is 13.4. The van der Waals surface area contributed by atoms with E-state index in [4.69, 9.17) is 16.3 Å². The molecule has 0 radical (unpaired) electrons. The molecule has 2 fully saturated rings. The van der Waals surface area contributed by atoms with E-state index in [9.17, 15) is 14.7 Å². The molecule has 3 atom stereocenters. The minimum absolute atomic E-state index is 0.0463. The standard InChI is InChI=1S/C17H20ClNO4S/c1-11(24-14-5-3-2-4-13(14)18)15(20)19-8-12-9-23-7-6-17(12,10-19)16(21)22/h2-5,11-12H,6-10H2,1H3,(H,21,22)/t11?,12-,17+/m0/s1. The van der Waals surface area contributed by atoms with Gasteiger partial charge in [-0.3, -0.25) is 9.59 Å². The molecule has 1 unspecified atom stereocenters. The molecule has 2 saturated heterocycles. The Morgan fingerprint density at radius 3 is 2.88 bits per heavy atom. The van der Waals surface area contributed by atoms with Gasteiger partial charge in [0.25, 0.3) is 0 Å². The molecule has 0 spiro atoms. The molecule has 0 aliphatic carbocycles. The third kappa shape index (κ3) is 3.15. The van der Waals surface area contributed by atoms with Crippen molar-refractivity contribution in [2.75, 3.05) is 26.3 Å². The Hall–Kier alpha value is -1.24. The van der Waals surface area contributed by atoms with E-state index < -0.39 is 11.4 Å². The first-order valence-electron chi connectivity index (χ1n) is 7.95. The molecule has 0 bridgehead atoms. The highest BCUT2D eigenvalue weighted by molar-refractivity contribution is 8.00. The number of halogens is 1. The molecule has 1 amide bonds. The van der Waals surface area contributed by atoms with Gasteiger partial charge in [0.15, 0.2) is 0 Å². The molecule has 1 N–H and O–H groups in total. The van der Waals surface area contributed by atoms with Crippen LogP contribution >= 0.6 is 23.4 Å². The van der Waals surface area contributed by atoms with Crippen LogP contribution in [-0.2, 0) is 14.3 Å². The van der Waals surface area contributed by atoms with Crippen molar-refractivity contribution in [1.82, 2.24) is 4.90 Å². The molecule has 130 valence electrons. The molecule has 0 saturated carbocycles. The fourth-order valence-corrected chi connectivity index (χ4v) is 4.74. The molecule has 24 heavy (non-hydrogen) atoms. The highest BCUT2D eigenvalue weighted by Crippen LogP contribution is 2.43. The molecule has 0 aromatic heterocycles. The predicted octanol–water partition coefficient (Wildman–Crippen LogP) is 2.77. The smallest absolute Gasteiger partial charge is 0.311 e. The van der Waals surface area contributed by atoms with Gasteiger partial charge < -0.3 is 14.7 Å². The Balaban J connectivity index is 1.71. The average molecular weight is 370 g/mol. The number of likely N-dealkylation sites (tertiary alicyclic amines) is 1. The number of rotatable bonds is 4. The van der Waals surface area contributed by atoms with Gasteiger partial charge in [-0.2, -0.15) is 0 Å². The number of carbonyl (C=O) groups excluding carboxylic acids is 1. The zero-order chi connectivity index (χ0) is 17.3. The van der Waals surface area contributed by atoms with Gasteiger partial charge in [0.1, 0.15) is 0 Å². The van der Waals surface area contributed by atoms with Crippen LogP contribution in [0, 0.1) is 11.3 Å². The maximum absolute atomic E-state index is 12.8. The van der Waals surface area contributed by atoms with Crippen LogP contribution in [0.4, 0.5) is 0 Å². The number of fused-ring (bicyclic) bond motifs is 1. The lowest BCUT2D eigenvalue weighted by molar-refractivity contribution is -0.157. The minimum Gasteiger partial charge on any atom is -0.481 e. The van der Waals surface area contributed by atoms with Crippen molar-refractivity contribution in [1.29, 1.82) is 0 Å². The van der Waals surface area contributed by atoms with Crippen LogP contribution in [0.2, 0.25) is 5.02 Å². The predicted molar refractivity (Wildman–Crippen MR) is 92.3 cm³/mol. The van der Waals surface area contributed by atoms with Crippen LogP contribution in [0.3, 0.4) is 0 Å². The second-order valence-corrected chi connectivity index (χ2v) is 8.18. The molecule has 1 aromatic rings. The number of hydrogen-bond donors (Lipinski definition) is 1. The van der Waals surface area contributed by atoms with Gasteiger partial charge in [-0.25, -0.2) is 0 Å². The molecule has 2 heterocycles. The first-order chi connectivity index (χ1) is 11.4. The lowest BCUT2D eigenvalue weighted by Gasteiger charge is -2.33. The zero-order valence-corrected chi connectivity index (χ0v) is 15.0. The van der Waals surface area contributed by atoms with Crippen molar-refractivity contribution in [3.8, 4) is 0 Å². The largest absolute Gasteiger partial charge is 0.481 e. The Kier molecular flexibility index (Phi) is 5.08. The Labute approximate surface area is 150 Å². The van der Waals surface area contributed by atoms with Crippen molar-refractivity contribution in [3.63, 3.8) is 0 Å². The summed E-state index contributed by atoms with van der Waals surface area (Å²) in [4.78, 5) is 27.1. The summed E-state index contributed by atoms with van der Waals surface area (Å²) in [6, 6.07) is 7.41. The van der Waals surface area contributed by atoms with Crippen LogP contribution in [0.5, 0.6) is 0 Å². The molecule has 3 rings (SSSR count). The maximum Gasteiger partial charge on any atom is 0.311 e. The summed E-state index contributed by atoms with van der Waals surface area (Å²) >= 11 is 7.56. The van der Waals surface area contributed by atoms with E-state index in [2.05, 4.69) is 0 Å². The van der Waals surface area contributed by atoms with E-state index in [-0.39, 0.29) is 23.6 Å². The summed E-state index contributed by atoms with van der Waals surface area (Å²) in [5.41, 5.74) is -0.858. The lowest BCUT2D eigenvalue weighted by atomic mass is 9.74. The molecule has 5 nitrogen and oxygen atoms in total. The van der Waals surface area contributed by atoms with Crippen molar-refractivity contribution < 1.29 is 19.4 Å². The minimum atomic E-state index is -0.858. The molecule has 2 aliphatic rings. The summed E-state index contributed by atoms with van der Waals surface area (Å²) in [5.74, 6) is -1.00. The van der Waals surface area contributed by atoms with E-state index in [1.54, 1.807) is 11.0 Å². The monoisotopic (exact) mass is 369 g/mol. The molecular weight excluding hydrogens is 350 g/mol. The first kappa shape index (κ1) is 17.6. The molecular formula is C17H20ClNO4S.